The number of sulfonamides is 1. The van der Waals surface area contributed by atoms with Crippen molar-refractivity contribution in [1.82, 2.24) is 14.1 Å². The Morgan fingerprint density at radius 1 is 1.21 bits per heavy atom. The molecule has 2 fully saturated rings. The van der Waals surface area contributed by atoms with Gasteiger partial charge in [-0.1, -0.05) is 0 Å². The molecule has 10 heteroatoms. The maximum atomic E-state index is 13.6. The number of hydrogen-bond donors (Lipinski definition) is 0. The second-order valence-corrected chi connectivity index (χ2v) is 8.92. The Morgan fingerprint density at radius 2 is 1.93 bits per heavy atom. The molecule has 0 saturated carbocycles. The summed E-state index contributed by atoms with van der Waals surface area (Å²) in [6, 6.07) is 1.69. The number of ether oxygens (including phenoxy) is 1. The number of methoxy groups -OCH3 is 1. The van der Waals surface area contributed by atoms with Crippen molar-refractivity contribution in [2.24, 2.45) is 0 Å². The van der Waals surface area contributed by atoms with E-state index in [-0.39, 0.29) is 22.9 Å². The van der Waals surface area contributed by atoms with Gasteiger partial charge in [-0.25, -0.2) is 12.8 Å². The van der Waals surface area contributed by atoms with Crippen LogP contribution in [0.4, 0.5) is 4.39 Å². The van der Waals surface area contributed by atoms with Crippen LogP contribution in [0.2, 0.25) is 0 Å². The Labute approximate surface area is 163 Å². The molecule has 3 rings (SSSR count). The summed E-state index contributed by atoms with van der Waals surface area (Å²) in [5.74, 6) is -1.21. The van der Waals surface area contributed by atoms with E-state index in [0.717, 1.165) is 10.4 Å². The average Bonchev–Trinajstić information content (AvgIpc) is 2.66. The van der Waals surface area contributed by atoms with Crippen molar-refractivity contribution in [2.75, 3.05) is 39.9 Å². The molecule has 0 N–H and O–H groups in total. The predicted molar refractivity (Wildman–Crippen MR) is 98.4 cm³/mol. The third-order valence-corrected chi connectivity index (χ3v) is 7.24. The van der Waals surface area contributed by atoms with Crippen molar-refractivity contribution in [3.05, 3.63) is 29.6 Å². The average molecular weight is 413 g/mol. The Morgan fingerprint density at radius 3 is 2.57 bits per heavy atom. The number of halogens is 1. The highest BCUT2D eigenvalue weighted by molar-refractivity contribution is 7.89. The van der Waals surface area contributed by atoms with E-state index < -0.39 is 33.8 Å². The lowest BCUT2D eigenvalue weighted by Gasteiger charge is -2.47. The highest BCUT2D eigenvalue weighted by atomic mass is 32.2. The molecule has 0 unspecified atom stereocenters. The van der Waals surface area contributed by atoms with Crippen molar-refractivity contribution < 1.29 is 27.1 Å². The molecular formula is C18H24FN3O5S. The number of nitrogens with zero attached hydrogens (tertiary/aromatic N) is 3. The first-order chi connectivity index (χ1) is 13.2. The maximum absolute atomic E-state index is 13.6. The van der Waals surface area contributed by atoms with E-state index in [9.17, 15) is 22.4 Å². The summed E-state index contributed by atoms with van der Waals surface area (Å²) in [5, 5.41) is 0. The molecule has 1 aromatic carbocycles. The van der Waals surface area contributed by atoms with Crippen LogP contribution in [0.3, 0.4) is 0 Å². The van der Waals surface area contributed by atoms with Gasteiger partial charge in [-0.2, -0.15) is 4.31 Å². The molecule has 0 bridgehead atoms. The lowest BCUT2D eigenvalue weighted by molar-refractivity contribution is -0.158. The molecule has 2 heterocycles. The summed E-state index contributed by atoms with van der Waals surface area (Å²) in [6.45, 7) is 4.34. The molecule has 0 spiro atoms. The highest BCUT2D eigenvalue weighted by Gasteiger charge is 2.49. The van der Waals surface area contributed by atoms with Crippen molar-refractivity contribution in [3.63, 3.8) is 0 Å². The summed E-state index contributed by atoms with van der Waals surface area (Å²) in [5.41, 5.74) is 0.193. The highest BCUT2D eigenvalue weighted by Crippen LogP contribution is 2.28. The van der Waals surface area contributed by atoms with Crippen molar-refractivity contribution >= 4 is 21.8 Å². The van der Waals surface area contributed by atoms with Crippen LogP contribution in [0.5, 0.6) is 0 Å². The second-order valence-electron chi connectivity index (χ2n) is 7.03. The van der Waals surface area contributed by atoms with E-state index in [1.54, 1.807) is 4.90 Å². The zero-order valence-corrected chi connectivity index (χ0v) is 16.9. The molecular weight excluding hydrogens is 389 g/mol. The van der Waals surface area contributed by atoms with Gasteiger partial charge in [-0.05, 0) is 37.6 Å². The number of benzene rings is 1. The van der Waals surface area contributed by atoms with E-state index in [2.05, 4.69) is 0 Å². The second kappa shape index (κ2) is 7.76. The molecule has 8 nitrogen and oxygen atoms in total. The molecule has 0 aliphatic carbocycles. The van der Waals surface area contributed by atoms with Gasteiger partial charge in [0.1, 0.15) is 17.9 Å². The molecule has 2 saturated heterocycles. The van der Waals surface area contributed by atoms with Crippen LogP contribution < -0.4 is 0 Å². The van der Waals surface area contributed by atoms with Gasteiger partial charge in [0, 0.05) is 33.3 Å². The smallest absolute Gasteiger partial charge is 0.246 e. The number of hydrogen-bond acceptors (Lipinski definition) is 5. The van der Waals surface area contributed by atoms with E-state index in [1.165, 1.54) is 38.0 Å². The molecule has 2 atom stereocenters. The van der Waals surface area contributed by atoms with Crippen molar-refractivity contribution in [2.45, 2.75) is 30.8 Å². The number of aryl methyl sites for hydroxylation is 1. The van der Waals surface area contributed by atoms with Crippen LogP contribution in [0.1, 0.15) is 12.5 Å². The SMILES string of the molecule is COCCN1CCN2C(=O)[C@H](C)N(S(=O)(=O)c3ccc(F)c(C)c3)C[C@H]2C1=O. The van der Waals surface area contributed by atoms with E-state index in [1.807, 2.05) is 0 Å². The normalized spacial score (nSPS) is 23.9. The third kappa shape index (κ3) is 3.51. The van der Waals surface area contributed by atoms with Gasteiger partial charge in [-0.15, -0.1) is 0 Å². The van der Waals surface area contributed by atoms with E-state index >= 15 is 0 Å². The fourth-order valence-corrected chi connectivity index (χ4v) is 5.29. The quantitative estimate of drug-likeness (QED) is 0.689. The standard InChI is InChI=1S/C18H24FN3O5S/c1-12-10-14(4-5-15(12)19)28(25,26)22-11-16-18(24)20(8-9-27-3)6-7-21(16)17(23)13(22)2/h4-5,10,13,16H,6-9,11H2,1-3H3/t13-,16-/m0/s1. The molecule has 0 radical (unpaired) electrons. The van der Waals surface area contributed by atoms with Gasteiger partial charge in [-0.3, -0.25) is 9.59 Å². The fourth-order valence-electron chi connectivity index (χ4n) is 3.61. The Balaban J connectivity index is 1.91. The predicted octanol–water partition coefficient (Wildman–Crippen LogP) is 0.213. The zero-order chi connectivity index (χ0) is 20.6. The first-order valence-corrected chi connectivity index (χ1v) is 10.5. The summed E-state index contributed by atoms with van der Waals surface area (Å²) in [4.78, 5) is 28.6. The minimum Gasteiger partial charge on any atom is -0.383 e. The molecule has 0 aromatic heterocycles. The number of piperazine rings is 2. The van der Waals surface area contributed by atoms with E-state index in [4.69, 9.17) is 4.74 Å². The number of amides is 2. The number of fused-ring (bicyclic) bond motifs is 1. The minimum absolute atomic E-state index is 0.0982. The number of carbonyl (C=O) groups excluding carboxylic acids is 2. The van der Waals surface area contributed by atoms with Crippen LogP contribution in [-0.2, 0) is 24.3 Å². The van der Waals surface area contributed by atoms with Gasteiger partial charge in [0.15, 0.2) is 0 Å². The molecule has 28 heavy (non-hydrogen) atoms. The zero-order valence-electron chi connectivity index (χ0n) is 16.1. The molecule has 2 aliphatic heterocycles. The number of rotatable bonds is 5. The molecule has 2 aliphatic rings. The summed E-state index contributed by atoms with van der Waals surface area (Å²) < 4.78 is 45.9. The lowest BCUT2D eigenvalue weighted by Crippen LogP contribution is -2.69. The van der Waals surface area contributed by atoms with Gasteiger partial charge >= 0.3 is 0 Å². The van der Waals surface area contributed by atoms with Crippen LogP contribution in [0, 0.1) is 12.7 Å². The topological polar surface area (TPSA) is 87.2 Å². The Kier molecular flexibility index (Phi) is 5.74. The monoisotopic (exact) mass is 413 g/mol. The maximum Gasteiger partial charge on any atom is 0.246 e. The van der Waals surface area contributed by atoms with Crippen molar-refractivity contribution in [1.29, 1.82) is 0 Å². The Bertz CT molecular complexity index is 891. The minimum atomic E-state index is -4.07. The molecule has 1 aromatic rings. The van der Waals surface area contributed by atoms with Gasteiger partial charge < -0.3 is 14.5 Å². The Hall–Kier alpha value is -2.04. The fraction of sp³-hybridized carbons (Fsp3) is 0.556. The lowest BCUT2D eigenvalue weighted by atomic mass is 10.0. The molecule has 2 amide bonds. The number of carbonyl (C=O) groups is 2. The van der Waals surface area contributed by atoms with Gasteiger partial charge in [0.2, 0.25) is 21.8 Å². The van der Waals surface area contributed by atoms with E-state index in [0.29, 0.717) is 26.2 Å². The summed E-state index contributed by atoms with van der Waals surface area (Å²) in [7, 11) is -2.53. The third-order valence-electron chi connectivity index (χ3n) is 5.31. The van der Waals surface area contributed by atoms with Gasteiger partial charge in [0.25, 0.3) is 0 Å². The van der Waals surface area contributed by atoms with Crippen LogP contribution in [-0.4, -0.2) is 86.3 Å². The first-order valence-electron chi connectivity index (χ1n) is 9.04. The van der Waals surface area contributed by atoms with Crippen LogP contribution in [0.15, 0.2) is 23.1 Å². The van der Waals surface area contributed by atoms with Crippen LogP contribution >= 0.6 is 0 Å². The summed E-state index contributed by atoms with van der Waals surface area (Å²) in [6.07, 6.45) is 0. The van der Waals surface area contributed by atoms with Crippen LogP contribution in [0.25, 0.3) is 0 Å². The molecule has 154 valence electrons. The van der Waals surface area contributed by atoms with Gasteiger partial charge in [0.05, 0.1) is 11.5 Å². The largest absolute Gasteiger partial charge is 0.383 e. The first kappa shape index (κ1) is 20.7. The van der Waals surface area contributed by atoms with Crippen molar-refractivity contribution in [3.8, 4) is 0 Å². The summed E-state index contributed by atoms with van der Waals surface area (Å²) >= 11 is 0.